The van der Waals surface area contributed by atoms with Gasteiger partial charge in [0.15, 0.2) is 0 Å². The van der Waals surface area contributed by atoms with Crippen LogP contribution in [0.1, 0.15) is 5.69 Å². The molecule has 0 saturated carbocycles. The van der Waals surface area contributed by atoms with Crippen LogP contribution in [0, 0.1) is 0 Å². The van der Waals surface area contributed by atoms with Crippen molar-refractivity contribution in [3.63, 3.8) is 0 Å². The molecule has 0 unspecified atom stereocenters. The van der Waals surface area contributed by atoms with Crippen molar-refractivity contribution in [2.75, 3.05) is 13.6 Å². The molecule has 0 aromatic carbocycles. The normalized spacial score (nSPS) is 11.3. The van der Waals surface area contributed by atoms with Crippen molar-refractivity contribution in [1.82, 2.24) is 14.9 Å². The maximum Gasteiger partial charge on any atom is 0.320 e. The lowest BCUT2D eigenvalue weighted by Gasteiger charge is -2.05. The van der Waals surface area contributed by atoms with Gasteiger partial charge in [-0.15, -0.1) is 0 Å². The molecular weight excluding hydrogens is 240 g/mol. The number of nitrogens with one attached hydrogen (secondary N) is 1. The van der Waals surface area contributed by atoms with Crippen molar-refractivity contribution in [2.45, 2.75) is 12.5 Å². The molecule has 1 atom stereocenters. The third-order valence-corrected chi connectivity index (χ3v) is 1.99. The first-order valence-electron chi connectivity index (χ1n) is 5.18. The molecule has 1 rings (SSSR count). The minimum atomic E-state index is -0.990. The van der Waals surface area contributed by atoms with E-state index in [1.807, 2.05) is 0 Å². The Hall–Kier alpha value is -1.93. The zero-order valence-corrected chi connectivity index (χ0v) is 10.3. The number of hydrogen-bond acceptors (Lipinski definition) is 5. The molecule has 1 heterocycles. The monoisotopic (exact) mass is 258 g/mol. The summed E-state index contributed by atoms with van der Waals surface area (Å²) < 4.78 is 1.75. The lowest BCUT2D eigenvalue weighted by molar-refractivity contribution is -0.138. The highest BCUT2D eigenvalue weighted by Crippen LogP contribution is 1.99. The minimum absolute atomic E-state index is 0.0417. The molecule has 5 N–H and O–H groups in total. The number of aryl methyl sites for hydroxylation is 1. The second kappa shape index (κ2) is 8.20. The molecule has 102 valence electrons. The van der Waals surface area contributed by atoms with Gasteiger partial charge >= 0.3 is 11.9 Å². The van der Waals surface area contributed by atoms with Gasteiger partial charge in [-0.2, -0.15) is 0 Å². The average Bonchev–Trinajstić information content (AvgIpc) is 2.65. The van der Waals surface area contributed by atoms with Crippen LogP contribution in [-0.2, 0) is 23.1 Å². The summed E-state index contributed by atoms with van der Waals surface area (Å²) in [7, 11) is 3.39. The largest absolute Gasteiger partial charge is 0.480 e. The van der Waals surface area contributed by atoms with E-state index in [4.69, 9.17) is 15.9 Å². The van der Waals surface area contributed by atoms with Crippen molar-refractivity contribution >= 4 is 11.9 Å². The second-order valence-corrected chi connectivity index (χ2v) is 3.57. The molecule has 0 bridgehead atoms. The van der Waals surface area contributed by atoms with Crippen molar-refractivity contribution in [3.8, 4) is 0 Å². The van der Waals surface area contributed by atoms with Gasteiger partial charge in [0.2, 0.25) is 0 Å². The van der Waals surface area contributed by atoms with E-state index in [1.165, 1.54) is 0 Å². The van der Waals surface area contributed by atoms with Gasteiger partial charge in [-0.05, 0) is 7.05 Å². The summed E-state index contributed by atoms with van der Waals surface area (Å²) in [6.45, 7) is 0.0417. The summed E-state index contributed by atoms with van der Waals surface area (Å²) in [6, 6.07) is -0.847. The van der Waals surface area contributed by atoms with Gasteiger partial charge in [0, 0.05) is 25.4 Å². The smallest absolute Gasteiger partial charge is 0.320 e. The highest BCUT2D eigenvalue weighted by Gasteiger charge is 2.13. The summed E-state index contributed by atoms with van der Waals surface area (Å²) in [5.74, 6) is -1.81. The first kappa shape index (κ1) is 16.1. The first-order valence-corrected chi connectivity index (χ1v) is 5.18. The van der Waals surface area contributed by atoms with Gasteiger partial charge in [-0.25, -0.2) is 4.98 Å². The van der Waals surface area contributed by atoms with Crippen LogP contribution in [0.5, 0.6) is 0 Å². The zero-order valence-electron chi connectivity index (χ0n) is 10.3. The van der Waals surface area contributed by atoms with Crippen LogP contribution in [0.15, 0.2) is 12.5 Å². The predicted octanol–water partition coefficient (Wildman–Crippen LogP) is -1.34. The lowest BCUT2D eigenvalue weighted by atomic mass is 10.2. The topological polar surface area (TPSA) is 130 Å². The fourth-order valence-electron chi connectivity index (χ4n) is 1.05. The Kier molecular flexibility index (Phi) is 7.32. The van der Waals surface area contributed by atoms with Crippen LogP contribution >= 0.6 is 0 Å². The number of hydrogen-bond donors (Lipinski definition) is 4. The predicted molar refractivity (Wildman–Crippen MR) is 64.1 cm³/mol. The van der Waals surface area contributed by atoms with Crippen molar-refractivity contribution < 1.29 is 19.8 Å². The van der Waals surface area contributed by atoms with Crippen LogP contribution in [0.25, 0.3) is 0 Å². The van der Waals surface area contributed by atoms with Crippen LogP contribution < -0.4 is 11.1 Å². The molecule has 0 amide bonds. The minimum Gasteiger partial charge on any atom is -0.480 e. The second-order valence-electron chi connectivity index (χ2n) is 3.57. The van der Waals surface area contributed by atoms with Gasteiger partial charge in [-0.1, -0.05) is 0 Å². The molecule has 0 aliphatic carbocycles. The first-order chi connectivity index (χ1) is 8.38. The average molecular weight is 258 g/mol. The lowest BCUT2D eigenvalue weighted by Crippen LogP contribution is -2.32. The highest BCUT2D eigenvalue weighted by molar-refractivity contribution is 5.73. The third-order valence-electron chi connectivity index (χ3n) is 1.99. The van der Waals surface area contributed by atoms with Crippen LogP contribution in [0.4, 0.5) is 0 Å². The van der Waals surface area contributed by atoms with Crippen LogP contribution in [-0.4, -0.2) is 51.3 Å². The maximum absolute atomic E-state index is 10.4. The summed E-state index contributed by atoms with van der Waals surface area (Å²) >= 11 is 0. The van der Waals surface area contributed by atoms with E-state index in [0.29, 0.717) is 6.42 Å². The number of aromatic nitrogens is 2. The Labute approximate surface area is 104 Å². The number of nitrogens with zero attached hydrogens (tertiary/aromatic N) is 2. The van der Waals surface area contributed by atoms with Gasteiger partial charge < -0.3 is 25.8 Å². The number of imidazole rings is 1. The molecule has 0 radical (unpaired) electrons. The van der Waals surface area contributed by atoms with Crippen LogP contribution in [0.3, 0.4) is 0 Å². The molecule has 0 spiro atoms. The molecule has 1 aromatic rings. The van der Waals surface area contributed by atoms with E-state index < -0.39 is 18.0 Å². The summed E-state index contributed by atoms with van der Waals surface area (Å²) in [5.41, 5.74) is 6.16. The summed E-state index contributed by atoms with van der Waals surface area (Å²) in [5, 5.41) is 18.8. The number of aliphatic carboxylic acids is 2. The molecule has 8 nitrogen and oxygen atoms in total. The van der Waals surface area contributed by atoms with Crippen molar-refractivity contribution in [3.05, 3.63) is 18.2 Å². The highest BCUT2D eigenvalue weighted by atomic mass is 16.4. The van der Waals surface area contributed by atoms with Gasteiger partial charge in [0.1, 0.15) is 6.04 Å². The number of carboxylic acid groups (broad SMARTS) is 2. The summed E-state index contributed by atoms with van der Waals surface area (Å²) in [6.07, 6.45) is 3.54. The molecule has 0 aliphatic heterocycles. The number of carbonyl (C=O) groups is 2. The molecule has 8 heteroatoms. The number of nitrogens with two attached hydrogens (primary N) is 1. The van der Waals surface area contributed by atoms with Crippen molar-refractivity contribution in [1.29, 1.82) is 0 Å². The van der Waals surface area contributed by atoms with E-state index >= 15 is 0 Å². The Bertz CT molecular complexity index is 391. The van der Waals surface area contributed by atoms with Crippen LogP contribution in [0.2, 0.25) is 0 Å². The molecule has 0 saturated heterocycles. The fraction of sp³-hybridized carbons (Fsp3) is 0.500. The Balaban J connectivity index is 0.000000411. The number of carboxylic acids is 2. The van der Waals surface area contributed by atoms with E-state index in [1.54, 1.807) is 31.2 Å². The Morgan fingerprint density at radius 3 is 2.44 bits per heavy atom. The van der Waals surface area contributed by atoms with E-state index in [2.05, 4.69) is 10.3 Å². The number of likely N-dealkylation sites (N-methyl/N-ethyl adjacent to an activating group) is 1. The Morgan fingerprint density at radius 1 is 1.56 bits per heavy atom. The zero-order chi connectivity index (χ0) is 14.1. The SMILES string of the molecule is CNCC(=O)O.Cn1cncc1C[C@H](N)C(=O)O. The van der Waals surface area contributed by atoms with E-state index in [9.17, 15) is 9.59 Å². The van der Waals surface area contributed by atoms with E-state index in [-0.39, 0.29) is 6.54 Å². The number of rotatable bonds is 5. The molecule has 0 aliphatic rings. The fourth-order valence-corrected chi connectivity index (χ4v) is 1.05. The molecular formula is C10H18N4O4. The summed E-state index contributed by atoms with van der Waals surface area (Å²) in [4.78, 5) is 23.8. The maximum atomic E-state index is 10.4. The molecule has 0 fully saturated rings. The molecule has 18 heavy (non-hydrogen) atoms. The van der Waals surface area contributed by atoms with E-state index in [0.717, 1.165) is 5.69 Å². The standard InChI is InChI=1S/C7H11N3O2.C3H7NO2/c1-10-4-9-3-5(10)2-6(8)7(11)12;1-4-2-3(5)6/h3-4,6H,2,8H2,1H3,(H,11,12);4H,2H2,1H3,(H,5,6)/t6-;/m0./s1. The van der Waals surface area contributed by atoms with Gasteiger partial charge in [-0.3, -0.25) is 9.59 Å². The Morgan fingerprint density at radius 2 is 2.17 bits per heavy atom. The quantitative estimate of drug-likeness (QED) is 0.514. The third kappa shape index (κ3) is 6.61. The van der Waals surface area contributed by atoms with Crippen molar-refractivity contribution in [2.24, 2.45) is 12.8 Å². The molecule has 1 aromatic heterocycles. The van der Waals surface area contributed by atoms with Gasteiger partial charge in [0.05, 0.1) is 12.9 Å². The van der Waals surface area contributed by atoms with Gasteiger partial charge in [0.25, 0.3) is 0 Å².